The topological polar surface area (TPSA) is 0 Å². The third-order valence-electron chi connectivity index (χ3n) is 5.05. The van der Waals surface area contributed by atoms with E-state index in [1.165, 1.54) is 51.8 Å². The van der Waals surface area contributed by atoms with Gasteiger partial charge in [0.05, 0.1) is 0 Å². The number of fused-ring (bicyclic) bond motifs is 1. The molecule has 0 aliphatic heterocycles. The summed E-state index contributed by atoms with van der Waals surface area (Å²) < 4.78 is 0. The average Bonchev–Trinajstić information content (AvgIpc) is 2.53. The lowest BCUT2D eigenvalue weighted by Crippen LogP contribution is -2.11. The smallest absolute Gasteiger partial charge is 0.0340 e. The highest BCUT2D eigenvalue weighted by Gasteiger charge is 2.20. The van der Waals surface area contributed by atoms with Crippen molar-refractivity contribution in [3.63, 3.8) is 0 Å². The van der Waals surface area contributed by atoms with Gasteiger partial charge in [-0.25, -0.2) is 0 Å². The van der Waals surface area contributed by atoms with Crippen molar-refractivity contribution in [2.75, 3.05) is 0 Å². The fourth-order valence-corrected chi connectivity index (χ4v) is 3.49. The van der Waals surface area contributed by atoms with Crippen LogP contribution in [0, 0.1) is 13.8 Å². The molecule has 114 valence electrons. The van der Waals surface area contributed by atoms with E-state index in [1.807, 2.05) is 0 Å². The Balaban J connectivity index is 1.83. The molecule has 0 atom stereocenters. The van der Waals surface area contributed by atoms with Gasteiger partial charge in [-0.05, 0) is 54.5 Å². The molecule has 1 aliphatic rings. The Morgan fingerprint density at radius 2 is 1.04 bits per heavy atom. The van der Waals surface area contributed by atoms with E-state index in [1.54, 1.807) is 0 Å². The predicted octanol–water partition coefficient (Wildman–Crippen LogP) is 5.58. The van der Waals surface area contributed by atoms with Gasteiger partial charge < -0.3 is 0 Å². The lowest BCUT2D eigenvalue weighted by Gasteiger charge is -2.24. The van der Waals surface area contributed by atoms with E-state index >= 15 is 0 Å². The molecule has 0 N–H and O–H groups in total. The Labute approximate surface area is 138 Å². The van der Waals surface area contributed by atoms with Crippen LogP contribution in [0.4, 0.5) is 0 Å². The third-order valence-corrected chi connectivity index (χ3v) is 5.05. The first-order chi connectivity index (χ1) is 11.2. The summed E-state index contributed by atoms with van der Waals surface area (Å²) in [5.74, 6) is 0.321. The summed E-state index contributed by atoms with van der Waals surface area (Å²) in [6, 6.07) is 25.1. The number of hydrogen-bond acceptors (Lipinski definition) is 0. The Bertz CT molecular complexity index is 777. The molecule has 4 rings (SSSR count). The lowest BCUT2D eigenvalue weighted by atomic mass is 9.80. The zero-order valence-electron chi connectivity index (χ0n) is 13.8. The Morgan fingerprint density at radius 3 is 1.48 bits per heavy atom. The van der Waals surface area contributed by atoms with Gasteiger partial charge in [0.25, 0.3) is 0 Å². The molecule has 0 spiro atoms. The molecule has 0 amide bonds. The Morgan fingerprint density at radius 1 is 0.565 bits per heavy atom. The molecule has 0 aromatic heterocycles. The zero-order valence-corrected chi connectivity index (χ0v) is 13.8. The van der Waals surface area contributed by atoms with Crippen LogP contribution in [0.3, 0.4) is 0 Å². The van der Waals surface area contributed by atoms with Crippen LogP contribution in [-0.2, 0) is 12.8 Å². The SMILES string of the molecule is Cc1ccc(C(c2ccc(C)cc2)c2ccc3c(c2)CC3)cc1. The van der Waals surface area contributed by atoms with Crippen molar-refractivity contribution in [3.05, 3.63) is 106 Å². The quantitative estimate of drug-likeness (QED) is 0.553. The minimum atomic E-state index is 0.321. The maximum atomic E-state index is 2.42. The molecular formula is C23H22. The Kier molecular flexibility index (Phi) is 3.53. The van der Waals surface area contributed by atoms with Gasteiger partial charge in [-0.2, -0.15) is 0 Å². The number of hydrogen-bond donors (Lipinski definition) is 0. The molecule has 0 nitrogen and oxygen atoms in total. The average molecular weight is 298 g/mol. The summed E-state index contributed by atoms with van der Waals surface area (Å²) in [4.78, 5) is 0. The van der Waals surface area contributed by atoms with E-state index in [0.717, 1.165) is 0 Å². The molecule has 0 heteroatoms. The fraction of sp³-hybridized carbons (Fsp3) is 0.217. The molecule has 0 saturated heterocycles. The number of aryl methyl sites for hydroxylation is 4. The van der Waals surface area contributed by atoms with Gasteiger partial charge in [-0.15, -0.1) is 0 Å². The van der Waals surface area contributed by atoms with Crippen molar-refractivity contribution in [1.82, 2.24) is 0 Å². The zero-order chi connectivity index (χ0) is 15.8. The summed E-state index contributed by atoms with van der Waals surface area (Å²) in [5, 5.41) is 0. The van der Waals surface area contributed by atoms with Gasteiger partial charge in [0.15, 0.2) is 0 Å². The molecular weight excluding hydrogens is 276 g/mol. The number of benzene rings is 3. The van der Waals surface area contributed by atoms with Gasteiger partial charge >= 0.3 is 0 Å². The first kappa shape index (κ1) is 14.3. The van der Waals surface area contributed by atoms with Crippen LogP contribution in [-0.4, -0.2) is 0 Å². The van der Waals surface area contributed by atoms with Crippen molar-refractivity contribution in [3.8, 4) is 0 Å². The van der Waals surface area contributed by atoms with Crippen LogP contribution < -0.4 is 0 Å². The normalized spacial score (nSPS) is 12.8. The second kappa shape index (κ2) is 5.70. The molecule has 0 fully saturated rings. The van der Waals surface area contributed by atoms with Crippen molar-refractivity contribution < 1.29 is 0 Å². The first-order valence-corrected chi connectivity index (χ1v) is 8.45. The third kappa shape index (κ3) is 2.70. The van der Waals surface area contributed by atoms with E-state index in [9.17, 15) is 0 Å². The summed E-state index contributed by atoms with van der Waals surface area (Å²) in [6.45, 7) is 4.30. The monoisotopic (exact) mass is 298 g/mol. The van der Waals surface area contributed by atoms with Crippen LogP contribution >= 0.6 is 0 Å². The van der Waals surface area contributed by atoms with Crippen LogP contribution in [0.1, 0.15) is 44.9 Å². The van der Waals surface area contributed by atoms with Gasteiger partial charge in [0.2, 0.25) is 0 Å². The van der Waals surface area contributed by atoms with E-state index in [4.69, 9.17) is 0 Å². The highest BCUT2D eigenvalue weighted by atomic mass is 14.2. The molecule has 3 aromatic rings. The summed E-state index contributed by atoms with van der Waals surface area (Å²) in [5.41, 5.74) is 9.85. The van der Waals surface area contributed by atoms with E-state index in [-0.39, 0.29) is 0 Å². The molecule has 3 aromatic carbocycles. The lowest BCUT2D eigenvalue weighted by molar-refractivity contribution is 0.827. The van der Waals surface area contributed by atoms with E-state index < -0.39 is 0 Å². The molecule has 1 aliphatic carbocycles. The van der Waals surface area contributed by atoms with Crippen LogP contribution in [0.2, 0.25) is 0 Å². The molecule has 0 saturated carbocycles. The highest BCUT2D eigenvalue weighted by Crippen LogP contribution is 2.35. The molecule has 0 bridgehead atoms. The van der Waals surface area contributed by atoms with Gasteiger partial charge in [0, 0.05) is 5.92 Å². The molecule has 0 radical (unpaired) electrons. The minimum absolute atomic E-state index is 0.321. The van der Waals surface area contributed by atoms with E-state index in [2.05, 4.69) is 80.6 Å². The highest BCUT2D eigenvalue weighted by molar-refractivity contribution is 5.48. The molecule has 0 heterocycles. The summed E-state index contributed by atoms with van der Waals surface area (Å²) >= 11 is 0. The van der Waals surface area contributed by atoms with Crippen molar-refractivity contribution in [2.45, 2.75) is 32.6 Å². The van der Waals surface area contributed by atoms with Crippen LogP contribution in [0.15, 0.2) is 66.7 Å². The molecule has 23 heavy (non-hydrogen) atoms. The predicted molar refractivity (Wildman–Crippen MR) is 97.2 cm³/mol. The summed E-state index contributed by atoms with van der Waals surface area (Å²) in [7, 11) is 0. The maximum absolute atomic E-state index is 2.42. The van der Waals surface area contributed by atoms with Gasteiger partial charge in [-0.3, -0.25) is 0 Å². The standard InChI is InChI=1S/C23H22/c1-16-3-7-19(8-4-16)23(20-9-5-17(2)6-10-20)22-14-12-18-11-13-21(18)15-22/h3-10,12,14-15,23H,11,13H2,1-2H3. The minimum Gasteiger partial charge on any atom is -0.0590 e. The van der Waals surface area contributed by atoms with Crippen LogP contribution in [0.5, 0.6) is 0 Å². The second-order valence-corrected chi connectivity index (χ2v) is 6.78. The summed E-state index contributed by atoms with van der Waals surface area (Å²) in [6.07, 6.45) is 2.48. The van der Waals surface area contributed by atoms with Crippen molar-refractivity contribution in [2.24, 2.45) is 0 Å². The van der Waals surface area contributed by atoms with Crippen molar-refractivity contribution in [1.29, 1.82) is 0 Å². The van der Waals surface area contributed by atoms with Gasteiger partial charge in [-0.1, -0.05) is 77.9 Å². The maximum Gasteiger partial charge on any atom is 0.0340 e. The largest absolute Gasteiger partial charge is 0.0590 e. The Hall–Kier alpha value is -2.34. The first-order valence-electron chi connectivity index (χ1n) is 8.45. The van der Waals surface area contributed by atoms with E-state index in [0.29, 0.717) is 5.92 Å². The molecule has 0 unspecified atom stereocenters. The second-order valence-electron chi connectivity index (χ2n) is 6.78. The fourth-order valence-electron chi connectivity index (χ4n) is 3.49. The van der Waals surface area contributed by atoms with Crippen LogP contribution in [0.25, 0.3) is 0 Å². The van der Waals surface area contributed by atoms with Crippen molar-refractivity contribution >= 4 is 0 Å². The van der Waals surface area contributed by atoms with Gasteiger partial charge in [0.1, 0.15) is 0 Å². The number of rotatable bonds is 3.